The zero-order valence-electron chi connectivity index (χ0n) is 15.1. The van der Waals surface area contributed by atoms with Crippen molar-refractivity contribution in [2.45, 2.75) is 25.8 Å². The van der Waals surface area contributed by atoms with E-state index in [0.717, 1.165) is 43.3 Å². The quantitative estimate of drug-likeness (QED) is 0.709. The van der Waals surface area contributed by atoms with Gasteiger partial charge in [-0.05, 0) is 56.0 Å². The maximum Gasteiger partial charge on any atom is 0.158 e. The van der Waals surface area contributed by atoms with Gasteiger partial charge in [-0.1, -0.05) is 6.07 Å². The molecule has 26 heavy (non-hydrogen) atoms. The van der Waals surface area contributed by atoms with Crippen LogP contribution in [0.3, 0.4) is 0 Å². The van der Waals surface area contributed by atoms with Crippen LogP contribution in [0.2, 0.25) is 0 Å². The highest BCUT2D eigenvalue weighted by molar-refractivity contribution is 5.49. The predicted molar refractivity (Wildman–Crippen MR) is 100 cm³/mol. The van der Waals surface area contributed by atoms with Crippen molar-refractivity contribution >= 4 is 0 Å². The number of rotatable bonds is 5. The molecule has 0 spiro atoms. The molecule has 1 aliphatic rings. The molecule has 0 aromatic carbocycles. The molecule has 0 saturated carbocycles. The van der Waals surface area contributed by atoms with Gasteiger partial charge < -0.3 is 4.57 Å². The second-order valence-electron chi connectivity index (χ2n) is 7.04. The Kier molecular flexibility index (Phi) is 5.02. The predicted octanol–water partition coefficient (Wildman–Crippen LogP) is 2.73. The van der Waals surface area contributed by atoms with Crippen molar-refractivity contribution in [3.05, 3.63) is 60.6 Å². The summed E-state index contributed by atoms with van der Waals surface area (Å²) >= 11 is 0. The molecule has 4 heterocycles. The van der Waals surface area contributed by atoms with Crippen molar-refractivity contribution in [2.75, 3.05) is 13.1 Å². The van der Waals surface area contributed by atoms with Crippen molar-refractivity contribution in [1.29, 1.82) is 0 Å². The van der Waals surface area contributed by atoms with Gasteiger partial charge in [0.25, 0.3) is 0 Å². The minimum Gasteiger partial charge on any atom is -0.333 e. The molecule has 0 atom stereocenters. The molecule has 6 nitrogen and oxygen atoms in total. The molecule has 3 aromatic heterocycles. The summed E-state index contributed by atoms with van der Waals surface area (Å²) in [6.07, 6.45) is 12.6. The topological polar surface area (TPSA) is 59.7 Å². The molecule has 0 aliphatic carbocycles. The van der Waals surface area contributed by atoms with E-state index in [2.05, 4.69) is 37.0 Å². The lowest BCUT2D eigenvalue weighted by Crippen LogP contribution is -2.34. The Morgan fingerprint density at radius 2 is 2.00 bits per heavy atom. The molecule has 0 amide bonds. The fraction of sp³-hybridized carbons (Fsp3) is 0.400. The number of pyridine rings is 1. The molecule has 0 radical (unpaired) electrons. The molecule has 1 saturated heterocycles. The Balaban J connectivity index is 1.34. The number of aromatic nitrogens is 5. The first-order valence-corrected chi connectivity index (χ1v) is 9.18. The van der Waals surface area contributed by atoms with Gasteiger partial charge in [-0.25, -0.2) is 15.0 Å². The third-order valence-electron chi connectivity index (χ3n) is 5.11. The van der Waals surface area contributed by atoms with E-state index in [1.807, 2.05) is 36.3 Å². The molecule has 0 N–H and O–H groups in total. The number of imidazole rings is 1. The Morgan fingerprint density at radius 3 is 2.73 bits per heavy atom. The van der Waals surface area contributed by atoms with Crippen LogP contribution in [-0.2, 0) is 20.0 Å². The first-order valence-electron chi connectivity index (χ1n) is 9.18. The van der Waals surface area contributed by atoms with Gasteiger partial charge >= 0.3 is 0 Å². The standard InChI is InChI=1S/C20H24N6/c1-25-10-7-22-20(25)19-12-18(23-15-24-19)11-16-4-8-26(9-5-16)14-17-3-2-6-21-13-17/h2-3,6-7,10,12-13,15-16H,4-5,8-9,11,14H2,1H3. The normalized spacial score (nSPS) is 16.0. The number of hydrogen-bond donors (Lipinski definition) is 0. The van der Waals surface area contributed by atoms with E-state index in [0.29, 0.717) is 5.92 Å². The lowest BCUT2D eigenvalue weighted by atomic mass is 9.91. The van der Waals surface area contributed by atoms with Gasteiger partial charge in [0.2, 0.25) is 0 Å². The van der Waals surface area contributed by atoms with Crippen LogP contribution in [0.5, 0.6) is 0 Å². The van der Waals surface area contributed by atoms with Crippen LogP contribution >= 0.6 is 0 Å². The van der Waals surface area contributed by atoms with E-state index in [-0.39, 0.29) is 0 Å². The van der Waals surface area contributed by atoms with Crippen molar-refractivity contribution < 1.29 is 0 Å². The van der Waals surface area contributed by atoms with E-state index in [4.69, 9.17) is 0 Å². The van der Waals surface area contributed by atoms with Gasteiger partial charge in [0, 0.05) is 44.1 Å². The number of nitrogens with zero attached hydrogens (tertiary/aromatic N) is 6. The maximum absolute atomic E-state index is 4.49. The van der Waals surface area contributed by atoms with Gasteiger partial charge in [0.15, 0.2) is 5.82 Å². The summed E-state index contributed by atoms with van der Waals surface area (Å²) in [7, 11) is 1.99. The number of hydrogen-bond acceptors (Lipinski definition) is 5. The summed E-state index contributed by atoms with van der Waals surface area (Å²) in [5.41, 5.74) is 3.31. The minimum atomic E-state index is 0.685. The summed E-state index contributed by atoms with van der Waals surface area (Å²) in [4.78, 5) is 20.0. The third kappa shape index (κ3) is 3.96. The summed E-state index contributed by atoms with van der Waals surface area (Å²) in [5.74, 6) is 1.57. The second-order valence-corrected chi connectivity index (χ2v) is 7.04. The Bertz CT molecular complexity index is 836. The summed E-state index contributed by atoms with van der Waals surface area (Å²) < 4.78 is 1.99. The van der Waals surface area contributed by atoms with Crippen LogP contribution < -0.4 is 0 Å². The lowest BCUT2D eigenvalue weighted by Gasteiger charge is -2.31. The Hall–Kier alpha value is -2.60. The molecule has 6 heteroatoms. The minimum absolute atomic E-state index is 0.685. The van der Waals surface area contributed by atoms with Crippen molar-refractivity contribution in [2.24, 2.45) is 13.0 Å². The summed E-state index contributed by atoms with van der Waals surface area (Å²) in [6, 6.07) is 6.25. The van der Waals surface area contributed by atoms with E-state index in [1.54, 1.807) is 12.5 Å². The van der Waals surface area contributed by atoms with Crippen molar-refractivity contribution in [1.82, 2.24) is 29.4 Å². The fourth-order valence-corrected chi connectivity index (χ4v) is 3.64. The number of piperidine rings is 1. The maximum atomic E-state index is 4.49. The van der Waals surface area contributed by atoms with E-state index < -0.39 is 0 Å². The Labute approximate surface area is 154 Å². The zero-order valence-corrected chi connectivity index (χ0v) is 15.1. The molecule has 134 valence electrons. The van der Waals surface area contributed by atoms with Crippen LogP contribution in [0, 0.1) is 5.92 Å². The number of aryl methyl sites for hydroxylation is 1. The van der Waals surface area contributed by atoms with Crippen molar-refractivity contribution in [3.8, 4) is 11.5 Å². The van der Waals surface area contributed by atoms with Gasteiger partial charge in [-0.2, -0.15) is 0 Å². The van der Waals surface area contributed by atoms with Crippen LogP contribution in [0.1, 0.15) is 24.1 Å². The monoisotopic (exact) mass is 348 g/mol. The molecule has 4 rings (SSSR count). The summed E-state index contributed by atoms with van der Waals surface area (Å²) in [6.45, 7) is 3.27. The molecule has 0 unspecified atom stereocenters. The van der Waals surface area contributed by atoms with Gasteiger partial charge in [-0.15, -0.1) is 0 Å². The zero-order chi connectivity index (χ0) is 17.8. The smallest absolute Gasteiger partial charge is 0.158 e. The summed E-state index contributed by atoms with van der Waals surface area (Å²) in [5, 5.41) is 0. The number of likely N-dealkylation sites (tertiary alicyclic amines) is 1. The van der Waals surface area contributed by atoms with Crippen LogP contribution in [0.15, 0.2) is 49.3 Å². The van der Waals surface area contributed by atoms with Gasteiger partial charge in [0.1, 0.15) is 12.0 Å². The average Bonchev–Trinajstić information content (AvgIpc) is 3.10. The van der Waals surface area contributed by atoms with Crippen LogP contribution in [0.4, 0.5) is 0 Å². The average molecular weight is 348 g/mol. The largest absolute Gasteiger partial charge is 0.333 e. The lowest BCUT2D eigenvalue weighted by molar-refractivity contribution is 0.176. The first kappa shape index (κ1) is 16.8. The van der Waals surface area contributed by atoms with Crippen LogP contribution in [-0.4, -0.2) is 42.5 Å². The van der Waals surface area contributed by atoms with Gasteiger partial charge in [-0.3, -0.25) is 9.88 Å². The third-order valence-corrected chi connectivity index (χ3v) is 5.11. The SMILES string of the molecule is Cn1ccnc1-c1cc(CC2CCN(Cc3cccnc3)CC2)ncn1. The van der Waals surface area contributed by atoms with Crippen molar-refractivity contribution in [3.63, 3.8) is 0 Å². The van der Waals surface area contributed by atoms with E-state index >= 15 is 0 Å². The first-order chi connectivity index (χ1) is 12.8. The molecule has 1 aliphatic heterocycles. The Morgan fingerprint density at radius 1 is 1.12 bits per heavy atom. The van der Waals surface area contributed by atoms with E-state index in [1.165, 1.54) is 18.4 Å². The molecule has 0 bridgehead atoms. The highest BCUT2D eigenvalue weighted by Crippen LogP contribution is 2.23. The van der Waals surface area contributed by atoms with Crippen LogP contribution in [0.25, 0.3) is 11.5 Å². The van der Waals surface area contributed by atoms with Gasteiger partial charge in [0.05, 0.1) is 0 Å². The molecular formula is C20H24N6. The molecule has 3 aromatic rings. The molecule has 1 fully saturated rings. The fourth-order valence-electron chi connectivity index (χ4n) is 3.64. The highest BCUT2D eigenvalue weighted by atomic mass is 15.1. The second kappa shape index (κ2) is 7.74. The van der Waals surface area contributed by atoms with E-state index in [9.17, 15) is 0 Å². The molecular weight excluding hydrogens is 324 g/mol. The highest BCUT2D eigenvalue weighted by Gasteiger charge is 2.20.